The van der Waals surface area contributed by atoms with E-state index in [1.54, 1.807) is 6.07 Å². The van der Waals surface area contributed by atoms with E-state index < -0.39 is 5.97 Å². The minimum Gasteiger partial charge on any atom is -0.480 e. The molecule has 35 heavy (non-hydrogen) atoms. The maximum Gasteiger partial charge on any atom is 0.329 e. The van der Waals surface area contributed by atoms with Gasteiger partial charge in [-0.1, -0.05) is 42.5 Å². The van der Waals surface area contributed by atoms with Gasteiger partial charge in [0.15, 0.2) is 0 Å². The molecule has 1 heterocycles. The molecule has 0 saturated heterocycles. The first-order chi connectivity index (χ1) is 17.0. The second-order valence-electron chi connectivity index (χ2n) is 9.18. The molecule has 3 aromatic rings. The summed E-state index contributed by atoms with van der Waals surface area (Å²) in [6, 6.07) is 18.7. The molecule has 1 aromatic heterocycles. The van der Waals surface area contributed by atoms with Crippen molar-refractivity contribution in [3.8, 4) is 28.5 Å². The molecule has 0 spiro atoms. The van der Waals surface area contributed by atoms with Gasteiger partial charge in [-0.25, -0.2) is 9.18 Å². The largest absolute Gasteiger partial charge is 0.480 e. The van der Waals surface area contributed by atoms with Crippen molar-refractivity contribution in [3.05, 3.63) is 66.1 Å². The molecular weight excluding hydrogens is 445 g/mol. The Balaban J connectivity index is 1.61. The molecule has 1 aliphatic carbocycles. The van der Waals surface area contributed by atoms with Gasteiger partial charge in [0.2, 0.25) is 0 Å². The van der Waals surface area contributed by atoms with E-state index in [-0.39, 0.29) is 12.4 Å². The van der Waals surface area contributed by atoms with Gasteiger partial charge in [-0.2, -0.15) is 10.4 Å². The van der Waals surface area contributed by atoms with Crippen molar-refractivity contribution in [2.24, 2.45) is 11.8 Å². The van der Waals surface area contributed by atoms with Crippen LogP contribution in [0.5, 0.6) is 0 Å². The van der Waals surface area contributed by atoms with E-state index in [1.165, 1.54) is 12.1 Å². The third-order valence-corrected chi connectivity index (χ3v) is 6.67. The van der Waals surface area contributed by atoms with Crippen molar-refractivity contribution >= 4 is 5.97 Å². The van der Waals surface area contributed by atoms with Crippen LogP contribution in [0.25, 0.3) is 22.4 Å². The number of nitriles is 1. The molecule has 0 aliphatic heterocycles. The average molecular weight is 476 g/mol. The van der Waals surface area contributed by atoms with Gasteiger partial charge < -0.3 is 9.84 Å². The molecule has 2 aromatic carbocycles. The van der Waals surface area contributed by atoms with Gasteiger partial charge in [-0.15, -0.1) is 0 Å². The summed E-state index contributed by atoms with van der Waals surface area (Å²) in [7, 11) is 0. The first kappa shape index (κ1) is 24.6. The molecule has 4 rings (SSSR count). The predicted molar refractivity (Wildman–Crippen MR) is 131 cm³/mol. The standard InChI is InChI=1S/C28H30FN3O3/c29-24-9-4-8-23(16-24)27-25(10-5-15-30)32(31-28(27)22-6-2-1-3-7-22)17-20-11-13-21(14-12-20)18-35-19-26(33)34/h1-4,6-9,16,20-21H,5,10-14,17-19H2,(H,33,34)/t20-,21-. The first-order valence-electron chi connectivity index (χ1n) is 12.1. The number of rotatable bonds is 10. The summed E-state index contributed by atoms with van der Waals surface area (Å²) >= 11 is 0. The van der Waals surface area contributed by atoms with E-state index in [9.17, 15) is 14.4 Å². The van der Waals surface area contributed by atoms with Gasteiger partial charge in [0.05, 0.1) is 12.7 Å². The lowest BCUT2D eigenvalue weighted by Gasteiger charge is -2.28. The van der Waals surface area contributed by atoms with Crippen molar-refractivity contribution in [2.75, 3.05) is 13.2 Å². The van der Waals surface area contributed by atoms with E-state index in [0.717, 1.165) is 60.3 Å². The van der Waals surface area contributed by atoms with Crippen molar-refractivity contribution in [3.63, 3.8) is 0 Å². The molecule has 1 aliphatic rings. The van der Waals surface area contributed by atoms with Crippen molar-refractivity contribution in [2.45, 2.75) is 45.1 Å². The zero-order valence-corrected chi connectivity index (χ0v) is 19.7. The topological polar surface area (TPSA) is 88.1 Å². The molecule has 1 fully saturated rings. The Bertz CT molecular complexity index is 1180. The maximum absolute atomic E-state index is 14.2. The summed E-state index contributed by atoms with van der Waals surface area (Å²) in [4.78, 5) is 10.7. The number of aliphatic carboxylic acids is 1. The van der Waals surface area contributed by atoms with Crippen LogP contribution >= 0.6 is 0 Å². The summed E-state index contributed by atoms with van der Waals surface area (Å²) in [6.45, 7) is 0.968. The summed E-state index contributed by atoms with van der Waals surface area (Å²) in [5.41, 5.74) is 4.38. The number of carbonyl (C=O) groups is 1. The molecule has 6 nitrogen and oxygen atoms in total. The number of hydrogen-bond donors (Lipinski definition) is 1. The Morgan fingerprint density at radius 2 is 1.80 bits per heavy atom. The summed E-state index contributed by atoms with van der Waals surface area (Å²) in [5.74, 6) is -0.436. The maximum atomic E-state index is 14.2. The third-order valence-electron chi connectivity index (χ3n) is 6.67. The predicted octanol–water partition coefficient (Wildman–Crippen LogP) is 5.72. The highest BCUT2D eigenvalue weighted by atomic mass is 19.1. The molecule has 0 radical (unpaired) electrons. The number of halogens is 1. The lowest BCUT2D eigenvalue weighted by molar-refractivity contribution is -0.142. The van der Waals surface area contributed by atoms with E-state index in [1.807, 2.05) is 41.1 Å². The fourth-order valence-corrected chi connectivity index (χ4v) is 4.96. The van der Waals surface area contributed by atoms with Crippen LogP contribution in [0.15, 0.2) is 54.6 Å². The first-order valence-corrected chi connectivity index (χ1v) is 12.1. The number of carboxylic acid groups (broad SMARTS) is 1. The molecule has 1 N–H and O–H groups in total. The summed E-state index contributed by atoms with van der Waals surface area (Å²) < 4.78 is 21.5. The second kappa shape index (κ2) is 11.8. The molecule has 0 atom stereocenters. The van der Waals surface area contributed by atoms with Crippen LogP contribution in [-0.4, -0.2) is 34.1 Å². The molecule has 1 saturated carbocycles. The van der Waals surface area contributed by atoms with E-state index in [2.05, 4.69) is 6.07 Å². The van der Waals surface area contributed by atoms with Gasteiger partial charge in [-0.3, -0.25) is 4.68 Å². The summed E-state index contributed by atoms with van der Waals surface area (Å²) in [6.07, 6.45) is 4.89. The zero-order valence-electron chi connectivity index (χ0n) is 19.7. The number of hydrogen-bond acceptors (Lipinski definition) is 4. The number of aromatic nitrogens is 2. The Morgan fingerprint density at radius 1 is 1.09 bits per heavy atom. The molecule has 0 amide bonds. The average Bonchev–Trinajstić information content (AvgIpc) is 3.22. The van der Waals surface area contributed by atoms with Crippen molar-refractivity contribution in [1.29, 1.82) is 5.26 Å². The highest BCUT2D eigenvalue weighted by Gasteiger charge is 2.26. The van der Waals surface area contributed by atoms with Gasteiger partial charge in [0.1, 0.15) is 18.1 Å². The molecular formula is C28H30FN3O3. The number of benzene rings is 2. The van der Waals surface area contributed by atoms with Crippen LogP contribution < -0.4 is 0 Å². The highest BCUT2D eigenvalue weighted by Crippen LogP contribution is 2.37. The Kier molecular flexibility index (Phi) is 8.27. The van der Waals surface area contributed by atoms with Crippen LogP contribution in [0.1, 0.15) is 37.8 Å². The lowest BCUT2D eigenvalue weighted by atomic mass is 9.82. The fraction of sp³-hybridized carbons (Fsp3) is 0.393. The van der Waals surface area contributed by atoms with Crippen molar-refractivity contribution in [1.82, 2.24) is 9.78 Å². The van der Waals surface area contributed by atoms with E-state index in [4.69, 9.17) is 14.9 Å². The number of carboxylic acids is 1. The third kappa shape index (κ3) is 6.34. The van der Waals surface area contributed by atoms with Crippen LogP contribution in [0, 0.1) is 29.0 Å². The number of ether oxygens (including phenoxy) is 1. The number of nitrogens with zero attached hydrogens (tertiary/aromatic N) is 3. The normalized spacial score (nSPS) is 17.7. The van der Waals surface area contributed by atoms with E-state index in [0.29, 0.717) is 31.3 Å². The monoisotopic (exact) mass is 475 g/mol. The Labute approximate surface area is 205 Å². The smallest absolute Gasteiger partial charge is 0.329 e. The minimum absolute atomic E-state index is 0.249. The van der Waals surface area contributed by atoms with Gasteiger partial charge >= 0.3 is 5.97 Å². The summed E-state index contributed by atoms with van der Waals surface area (Å²) in [5, 5.41) is 23.1. The van der Waals surface area contributed by atoms with Crippen molar-refractivity contribution < 1.29 is 19.0 Å². The zero-order chi connectivity index (χ0) is 24.6. The highest BCUT2D eigenvalue weighted by molar-refractivity contribution is 5.83. The second-order valence-corrected chi connectivity index (χ2v) is 9.18. The molecule has 7 heteroatoms. The minimum atomic E-state index is -0.939. The van der Waals surface area contributed by atoms with Gasteiger partial charge in [-0.05, 0) is 55.2 Å². The SMILES string of the molecule is N#CCCc1c(-c2cccc(F)c2)c(-c2ccccc2)nn1C[C@H]1CC[C@H](COCC(=O)O)CC1. The Morgan fingerprint density at radius 3 is 2.49 bits per heavy atom. The van der Waals surface area contributed by atoms with Crippen LogP contribution in [0.3, 0.4) is 0 Å². The molecule has 182 valence electrons. The Hall–Kier alpha value is -3.50. The quantitative estimate of drug-likeness (QED) is 0.405. The lowest BCUT2D eigenvalue weighted by Crippen LogP contribution is -2.23. The fourth-order valence-electron chi connectivity index (χ4n) is 4.96. The van der Waals surface area contributed by atoms with Gasteiger partial charge in [0, 0.05) is 36.2 Å². The molecule has 0 bridgehead atoms. The van der Waals surface area contributed by atoms with Crippen LogP contribution in [-0.2, 0) is 22.5 Å². The van der Waals surface area contributed by atoms with E-state index >= 15 is 0 Å². The van der Waals surface area contributed by atoms with Crippen LogP contribution in [0.4, 0.5) is 4.39 Å². The van der Waals surface area contributed by atoms with Crippen LogP contribution in [0.2, 0.25) is 0 Å². The molecule has 0 unspecified atom stereocenters. The van der Waals surface area contributed by atoms with Gasteiger partial charge in [0.25, 0.3) is 0 Å².